The van der Waals surface area contributed by atoms with Gasteiger partial charge < -0.3 is 14.8 Å². The molecule has 0 saturated heterocycles. The second-order valence-electron chi connectivity index (χ2n) is 7.04. The third-order valence-electron chi connectivity index (χ3n) is 4.55. The third-order valence-corrected chi connectivity index (χ3v) is 4.55. The summed E-state index contributed by atoms with van der Waals surface area (Å²) < 4.78 is 5.94. The first kappa shape index (κ1) is 16.5. The number of amides is 1. The van der Waals surface area contributed by atoms with Crippen molar-refractivity contribution in [1.82, 2.24) is 5.32 Å². The number of benzene rings is 2. The van der Waals surface area contributed by atoms with Gasteiger partial charge in [-0.05, 0) is 24.1 Å². The zero-order valence-electron chi connectivity index (χ0n) is 14.3. The minimum atomic E-state index is -0.209. The number of nitrogens with one attached hydrogen (secondary N) is 1. The summed E-state index contributed by atoms with van der Waals surface area (Å²) >= 11 is 0. The lowest BCUT2D eigenvalue weighted by Crippen LogP contribution is -2.34. The molecule has 0 aliphatic carbocycles. The van der Waals surface area contributed by atoms with E-state index in [0.29, 0.717) is 18.7 Å². The maximum Gasteiger partial charge on any atom is 0.287 e. The molecule has 2 N–H and O–H groups in total. The molecule has 0 radical (unpaired) electrons. The number of rotatable bonds is 5. The van der Waals surface area contributed by atoms with Crippen LogP contribution in [-0.4, -0.2) is 24.2 Å². The van der Waals surface area contributed by atoms with Crippen molar-refractivity contribution in [2.75, 3.05) is 13.2 Å². The molecule has 1 amide bonds. The van der Waals surface area contributed by atoms with E-state index < -0.39 is 0 Å². The zero-order chi connectivity index (χ0) is 17.3. The number of furan rings is 1. The van der Waals surface area contributed by atoms with Crippen LogP contribution >= 0.6 is 0 Å². The second kappa shape index (κ2) is 6.29. The summed E-state index contributed by atoms with van der Waals surface area (Å²) in [6.07, 6.45) is 0.636. The summed E-state index contributed by atoms with van der Waals surface area (Å²) in [5.41, 5.74) is 1.45. The summed E-state index contributed by atoms with van der Waals surface area (Å²) in [7, 11) is 0. The standard InChI is InChI=1S/C20H23NO3/c1-13-15-9-8-14-6-4-5-7-16(14)18(15)24-17(13)19(23)21-12-20(2,3)10-11-22/h4-9,22H,10-12H2,1-3H3,(H,21,23). The summed E-state index contributed by atoms with van der Waals surface area (Å²) in [4.78, 5) is 12.6. The molecule has 0 fully saturated rings. The number of aryl methyl sites for hydroxylation is 1. The van der Waals surface area contributed by atoms with Crippen LogP contribution in [0.15, 0.2) is 40.8 Å². The van der Waals surface area contributed by atoms with Gasteiger partial charge in [0.2, 0.25) is 0 Å². The lowest BCUT2D eigenvalue weighted by atomic mass is 9.90. The van der Waals surface area contributed by atoms with Crippen molar-refractivity contribution in [2.45, 2.75) is 27.2 Å². The Bertz CT molecular complexity index is 892. The van der Waals surface area contributed by atoms with Gasteiger partial charge in [0.05, 0.1) is 0 Å². The summed E-state index contributed by atoms with van der Waals surface area (Å²) in [5.74, 6) is 0.153. The molecule has 2 aromatic carbocycles. The number of aliphatic hydroxyl groups excluding tert-OH is 1. The molecule has 0 atom stereocenters. The molecule has 0 aliphatic heterocycles. The summed E-state index contributed by atoms with van der Waals surface area (Å²) in [6.45, 7) is 6.54. The lowest BCUT2D eigenvalue weighted by Gasteiger charge is -2.23. The molecule has 1 aromatic heterocycles. The van der Waals surface area contributed by atoms with E-state index in [1.54, 1.807) is 0 Å². The van der Waals surface area contributed by atoms with Crippen molar-refractivity contribution in [1.29, 1.82) is 0 Å². The molecule has 126 valence electrons. The van der Waals surface area contributed by atoms with Crippen LogP contribution in [0.3, 0.4) is 0 Å². The zero-order valence-corrected chi connectivity index (χ0v) is 14.3. The quantitative estimate of drug-likeness (QED) is 0.744. The van der Waals surface area contributed by atoms with Gasteiger partial charge in [0.1, 0.15) is 5.58 Å². The Morgan fingerprint density at radius 3 is 2.67 bits per heavy atom. The fourth-order valence-corrected chi connectivity index (χ4v) is 2.96. The lowest BCUT2D eigenvalue weighted by molar-refractivity contribution is 0.0902. The predicted octanol–water partition coefficient (Wildman–Crippen LogP) is 4.03. The molecule has 0 spiro atoms. The van der Waals surface area contributed by atoms with Gasteiger partial charge in [0, 0.05) is 29.5 Å². The first-order chi connectivity index (χ1) is 11.4. The van der Waals surface area contributed by atoms with Crippen LogP contribution in [0.4, 0.5) is 0 Å². The van der Waals surface area contributed by atoms with E-state index >= 15 is 0 Å². The number of aliphatic hydroxyl groups is 1. The Labute approximate surface area is 141 Å². The van der Waals surface area contributed by atoms with Gasteiger partial charge in [-0.2, -0.15) is 0 Å². The summed E-state index contributed by atoms with van der Waals surface area (Å²) in [5, 5.41) is 15.1. The van der Waals surface area contributed by atoms with Crippen LogP contribution in [0.1, 0.15) is 36.4 Å². The van der Waals surface area contributed by atoms with E-state index in [0.717, 1.165) is 27.3 Å². The SMILES string of the molecule is Cc1c(C(=O)NCC(C)(C)CCO)oc2c1ccc1ccccc12. The molecule has 0 unspecified atom stereocenters. The van der Waals surface area contributed by atoms with E-state index in [1.165, 1.54) is 0 Å². The van der Waals surface area contributed by atoms with E-state index in [1.807, 2.05) is 57.2 Å². The molecule has 3 aromatic rings. The third kappa shape index (κ3) is 3.02. The van der Waals surface area contributed by atoms with Gasteiger partial charge >= 0.3 is 0 Å². The number of hydrogen-bond acceptors (Lipinski definition) is 3. The normalized spacial score (nSPS) is 12.0. The van der Waals surface area contributed by atoms with Gasteiger partial charge in [-0.25, -0.2) is 0 Å². The average Bonchev–Trinajstić information content (AvgIpc) is 2.90. The smallest absolute Gasteiger partial charge is 0.287 e. The maximum absolute atomic E-state index is 12.6. The van der Waals surface area contributed by atoms with Crippen LogP contribution in [0, 0.1) is 12.3 Å². The molecule has 1 heterocycles. The molecule has 4 heteroatoms. The number of fused-ring (bicyclic) bond motifs is 3. The van der Waals surface area contributed by atoms with Gasteiger partial charge in [0.25, 0.3) is 5.91 Å². The number of carbonyl (C=O) groups excluding carboxylic acids is 1. The van der Waals surface area contributed by atoms with Crippen LogP contribution in [0.25, 0.3) is 21.7 Å². The molecule has 0 bridgehead atoms. The van der Waals surface area contributed by atoms with Crippen molar-refractivity contribution in [3.05, 3.63) is 47.7 Å². The Hall–Kier alpha value is -2.33. The van der Waals surface area contributed by atoms with E-state index in [4.69, 9.17) is 9.52 Å². The van der Waals surface area contributed by atoms with Crippen LogP contribution in [0.5, 0.6) is 0 Å². The second-order valence-corrected chi connectivity index (χ2v) is 7.04. The topological polar surface area (TPSA) is 62.5 Å². The van der Waals surface area contributed by atoms with E-state index in [9.17, 15) is 4.79 Å². The Morgan fingerprint density at radius 2 is 1.92 bits per heavy atom. The minimum Gasteiger partial charge on any atom is -0.450 e. The highest BCUT2D eigenvalue weighted by Gasteiger charge is 2.22. The minimum absolute atomic E-state index is 0.110. The highest BCUT2D eigenvalue weighted by atomic mass is 16.3. The largest absolute Gasteiger partial charge is 0.450 e. The molecular formula is C20H23NO3. The van der Waals surface area contributed by atoms with Gasteiger partial charge in [-0.3, -0.25) is 4.79 Å². The van der Waals surface area contributed by atoms with Crippen molar-refractivity contribution in [2.24, 2.45) is 5.41 Å². The summed E-state index contributed by atoms with van der Waals surface area (Å²) in [6, 6.07) is 12.0. The predicted molar refractivity (Wildman–Crippen MR) is 96.3 cm³/mol. The molecule has 24 heavy (non-hydrogen) atoms. The molecule has 4 nitrogen and oxygen atoms in total. The van der Waals surface area contributed by atoms with Gasteiger partial charge in [0.15, 0.2) is 5.76 Å². The molecule has 0 aliphatic rings. The van der Waals surface area contributed by atoms with Crippen molar-refractivity contribution in [3.63, 3.8) is 0 Å². The van der Waals surface area contributed by atoms with Crippen LogP contribution in [-0.2, 0) is 0 Å². The molecule has 3 rings (SSSR count). The van der Waals surface area contributed by atoms with E-state index in [2.05, 4.69) is 5.32 Å². The van der Waals surface area contributed by atoms with Crippen molar-refractivity contribution >= 4 is 27.6 Å². The van der Waals surface area contributed by atoms with Crippen molar-refractivity contribution in [3.8, 4) is 0 Å². The van der Waals surface area contributed by atoms with E-state index in [-0.39, 0.29) is 17.9 Å². The van der Waals surface area contributed by atoms with Crippen LogP contribution in [0.2, 0.25) is 0 Å². The highest BCUT2D eigenvalue weighted by molar-refractivity contribution is 6.08. The van der Waals surface area contributed by atoms with Gasteiger partial charge in [-0.15, -0.1) is 0 Å². The molecular weight excluding hydrogens is 302 g/mol. The van der Waals surface area contributed by atoms with Crippen LogP contribution < -0.4 is 5.32 Å². The number of carbonyl (C=O) groups is 1. The highest BCUT2D eigenvalue weighted by Crippen LogP contribution is 2.31. The fraction of sp³-hybridized carbons (Fsp3) is 0.350. The maximum atomic E-state index is 12.6. The first-order valence-corrected chi connectivity index (χ1v) is 8.23. The fourth-order valence-electron chi connectivity index (χ4n) is 2.96. The Morgan fingerprint density at radius 1 is 1.17 bits per heavy atom. The Kier molecular flexibility index (Phi) is 4.33. The monoisotopic (exact) mass is 325 g/mol. The van der Waals surface area contributed by atoms with Gasteiger partial charge in [-0.1, -0.05) is 50.2 Å². The molecule has 0 saturated carbocycles. The average molecular weight is 325 g/mol. The Balaban J connectivity index is 1.93. The van der Waals surface area contributed by atoms with Crippen molar-refractivity contribution < 1.29 is 14.3 Å². The first-order valence-electron chi connectivity index (χ1n) is 8.23. The number of hydrogen-bond donors (Lipinski definition) is 2.